The van der Waals surface area contributed by atoms with E-state index in [2.05, 4.69) is 25.8 Å². The number of benzene rings is 1. The van der Waals surface area contributed by atoms with Crippen molar-refractivity contribution >= 4 is 53.1 Å². The molecule has 0 radical (unpaired) electrons. The van der Waals surface area contributed by atoms with Gasteiger partial charge in [-0.3, -0.25) is 9.79 Å². The first kappa shape index (κ1) is 24.8. The van der Waals surface area contributed by atoms with Crippen molar-refractivity contribution in [1.82, 2.24) is 16.0 Å². The fourth-order valence-corrected chi connectivity index (χ4v) is 4.25. The molecule has 9 heteroatoms. The molecule has 30 heavy (non-hydrogen) atoms. The first-order valence-corrected chi connectivity index (χ1v) is 10.8. The second kappa shape index (κ2) is 12.4. The Labute approximate surface area is 201 Å². The van der Waals surface area contributed by atoms with Crippen LogP contribution in [0, 0.1) is 0 Å². The quantitative estimate of drug-likeness (QED) is 0.289. The van der Waals surface area contributed by atoms with Crippen molar-refractivity contribution in [2.75, 3.05) is 38.7 Å². The Morgan fingerprint density at radius 2 is 1.97 bits per heavy atom. The third kappa shape index (κ3) is 7.08. The standard InChI is InChI=1S/C21H32ClN5O2.HI/c1-23-21(24-13-20(28)25-16-6-4-3-5-7-16)26-17-10-11-27(14-17)18-12-15(22)8-9-19(18)29-2;/h8-9,12,16-17H,3-7,10-11,13-14H2,1-2H3,(H,25,28)(H2,23,24,26);1H. The van der Waals surface area contributed by atoms with Crippen LogP contribution in [0.3, 0.4) is 0 Å². The van der Waals surface area contributed by atoms with Crippen LogP contribution in [-0.4, -0.2) is 57.7 Å². The van der Waals surface area contributed by atoms with E-state index < -0.39 is 0 Å². The van der Waals surface area contributed by atoms with E-state index in [4.69, 9.17) is 16.3 Å². The van der Waals surface area contributed by atoms with Crippen LogP contribution in [0.15, 0.2) is 23.2 Å². The lowest BCUT2D eigenvalue weighted by atomic mass is 9.95. The maximum Gasteiger partial charge on any atom is 0.239 e. The van der Waals surface area contributed by atoms with Gasteiger partial charge in [0, 0.05) is 37.2 Å². The highest BCUT2D eigenvalue weighted by atomic mass is 127. The third-order valence-electron chi connectivity index (χ3n) is 5.62. The van der Waals surface area contributed by atoms with Gasteiger partial charge < -0.3 is 25.6 Å². The van der Waals surface area contributed by atoms with Gasteiger partial charge in [0.1, 0.15) is 5.75 Å². The van der Waals surface area contributed by atoms with Crippen LogP contribution in [0.5, 0.6) is 5.75 Å². The minimum atomic E-state index is 0. The van der Waals surface area contributed by atoms with E-state index in [-0.39, 0.29) is 42.5 Å². The van der Waals surface area contributed by atoms with Crippen LogP contribution in [0.25, 0.3) is 0 Å². The Morgan fingerprint density at radius 1 is 1.20 bits per heavy atom. The summed E-state index contributed by atoms with van der Waals surface area (Å²) in [6.07, 6.45) is 6.83. The van der Waals surface area contributed by atoms with Crippen molar-refractivity contribution in [2.24, 2.45) is 4.99 Å². The monoisotopic (exact) mass is 549 g/mol. The number of aliphatic imine (C=N–C) groups is 1. The van der Waals surface area contributed by atoms with Crippen LogP contribution in [0.1, 0.15) is 38.5 Å². The van der Waals surface area contributed by atoms with Crippen molar-refractivity contribution in [1.29, 1.82) is 0 Å². The average molecular weight is 550 g/mol. The van der Waals surface area contributed by atoms with Gasteiger partial charge in [-0.15, -0.1) is 24.0 Å². The fraction of sp³-hybridized carbons (Fsp3) is 0.619. The lowest BCUT2D eigenvalue weighted by Crippen LogP contribution is -2.49. The zero-order valence-corrected chi connectivity index (χ0v) is 20.8. The molecular weight excluding hydrogens is 517 g/mol. The SMILES string of the molecule is CN=C(NCC(=O)NC1CCCCC1)NC1CCN(c2cc(Cl)ccc2OC)C1.I. The highest BCUT2D eigenvalue weighted by molar-refractivity contribution is 14.0. The number of guanidine groups is 1. The van der Waals surface area contributed by atoms with E-state index in [1.54, 1.807) is 14.2 Å². The summed E-state index contributed by atoms with van der Waals surface area (Å²) in [5.41, 5.74) is 0.999. The lowest BCUT2D eigenvalue weighted by molar-refractivity contribution is -0.120. The molecule has 0 spiro atoms. The Morgan fingerprint density at radius 3 is 2.67 bits per heavy atom. The molecule has 168 valence electrons. The predicted molar refractivity (Wildman–Crippen MR) is 134 cm³/mol. The summed E-state index contributed by atoms with van der Waals surface area (Å²) in [5, 5.41) is 10.4. The molecule has 1 aromatic rings. The molecule has 0 aromatic heterocycles. The minimum Gasteiger partial charge on any atom is -0.495 e. The largest absolute Gasteiger partial charge is 0.495 e. The van der Waals surface area contributed by atoms with E-state index in [0.29, 0.717) is 17.0 Å². The summed E-state index contributed by atoms with van der Waals surface area (Å²) >= 11 is 6.17. The van der Waals surface area contributed by atoms with E-state index in [1.807, 2.05) is 18.2 Å². The molecule has 2 fully saturated rings. The molecule has 2 aliphatic rings. The van der Waals surface area contributed by atoms with Gasteiger partial charge in [0.05, 0.1) is 19.3 Å². The molecular formula is C21H33ClIN5O2. The Bertz CT molecular complexity index is 727. The number of ether oxygens (including phenoxy) is 1. The molecule has 1 aromatic carbocycles. The fourth-order valence-electron chi connectivity index (χ4n) is 4.08. The molecule has 3 N–H and O–H groups in total. The molecule has 1 aliphatic carbocycles. The zero-order valence-electron chi connectivity index (χ0n) is 17.7. The van der Waals surface area contributed by atoms with Gasteiger partial charge >= 0.3 is 0 Å². The summed E-state index contributed by atoms with van der Waals surface area (Å²) in [4.78, 5) is 18.7. The van der Waals surface area contributed by atoms with Gasteiger partial charge in [-0.1, -0.05) is 30.9 Å². The lowest BCUT2D eigenvalue weighted by Gasteiger charge is -2.24. The second-order valence-corrected chi connectivity index (χ2v) is 8.16. The number of nitrogens with zero attached hydrogens (tertiary/aromatic N) is 2. The Balaban J connectivity index is 0.00000320. The molecule has 1 unspecified atom stereocenters. The number of nitrogens with one attached hydrogen (secondary N) is 3. The minimum absolute atomic E-state index is 0. The number of carbonyl (C=O) groups excluding carboxylic acids is 1. The van der Waals surface area contributed by atoms with Crippen LogP contribution in [0.4, 0.5) is 5.69 Å². The van der Waals surface area contributed by atoms with Gasteiger partial charge in [-0.25, -0.2) is 0 Å². The molecule has 0 bridgehead atoms. The summed E-state index contributed by atoms with van der Waals surface area (Å²) in [6, 6.07) is 6.21. The van der Waals surface area contributed by atoms with Gasteiger partial charge in [-0.2, -0.15) is 0 Å². The maximum atomic E-state index is 12.2. The molecule has 1 saturated carbocycles. The molecule has 1 aliphatic heterocycles. The molecule has 1 heterocycles. The zero-order chi connectivity index (χ0) is 20.6. The van der Waals surface area contributed by atoms with Crippen LogP contribution >= 0.6 is 35.6 Å². The van der Waals surface area contributed by atoms with Gasteiger partial charge in [0.2, 0.25) is 5.91 Å². The van der Waals surface area contributed by atoms with Gasteiger partial charge in [-0.05, 0) is 37.5 Å². The summed E-state index contributed by atoms with van der Waals surface area (Å²) in [5.74, 6) is 1.49. The maximum absolute atomic E-state index is 12.2. The van der Waals surface area contributed by atoms with Crippen molar-refractivity contribution in [3.63, 3.8) is 0 Å². The molecule has 1 saturated heterocycles. The molecule has 1 amide bonds. The Kier molecular flexibility index (Phi) is 10.3. The Hall–Kier alpha value is -1.42. The van der Waals surface area contributed by atoms with Gasteiger partial charge in [0.25, 0.3) is 0 Å². The second-order valence-electron chi connectivity index (χ2n) is 7.72. The number of halogens is 2. The predicted octanol–water partition coefficient (Wildman–Crippen LogP) is 3.16. The number of carbonyl (C=O) groups is 1. The van der Waals surface area contributed by atoms with E-state index in [0.717, 1.165) is 43.8 Å². The topological polar surface area (TPSA) is 78.0 Å². The number of anilines is 1. The summed E-state index contributed by atoms with van der Waals surface area (Å²) in [7, 11) is 3.39. The van der Waals surface area contributed by atoms with Crippen LogP contribution < -0.4 is 25.6 Å². The number of methoxy groups -OCH3 is 1. The van der Waals surface area contributed by atoms with E-state index in [9.17, 15) is 4.79 Å². The van der Waals surface area contributed by atoms with Crippen molar-refractivity contribution in [3.05, 3.63) is 23.2 Å². The first-order chi connectivity index (χ1) is 14.1. The summed E-state index contributed by atoms with van der Waals surface area (Å²) in [6.45, 7) is 1.94. The van der Waals surface area contributed by atoms with Crippen molar-refractivity contribution in [2.45, 2.75) is 50.6 Å². The smallest absolute Gasteiger partial charge is 0.239 e. The van der Waals surface area contributed by atoms with Gasteiger partial charge in [0.15, 0.2) is 5.96 Å². The normalized spacial score (nSPS) is 19.8. The third-order valence-corrected chi connectivity index (χ3v) is 5.86. The molecule has 7 nitrogen and oxygen atoms in total. The molecule has 3 rings (SSSR count). The highest BCUT2D eigenvalue weighted by Gasteiger charge is 2.26. The van der Waals surface area contributed by atoms with E-state index >= 15 is 0 Å². The van der Waals surface area contributed by atoms with Crippen molar-refractivity contribution in [3.8, 4) is 5.75 Å². The van der Waals surface area contributed by atoms with Crippen LogP contribution in [-0.2, 0) is 4.79 Å². The molecule has 1 atom stereocenters. The van der Waals surface area contributed by atoms with E-state index in [1.165, 1.54) is 19.3 Å². The number of rotatable bonds is 6. The first-order valence-electron chi connectivity index (χ1n) is 10.4. The average Bonchev–Trinajstić information content (AvgIpc) is 3.20. The number of hydrogen-bond donors (Lipinski definition) is 3. The summed E-state index contributed by atoms with van der Waals surface area (Å²) < 4.78 is 5.48. The van der Waals surface area contributed by atoms with Crippen molar-refractivity contribution < 1.29 is 9.53 Å². The number of hydrogen-bond acceptors (Lipinski definition) is 4. The van der Waals surface area contributed by atoms with Crippen LogP contribution in [0.2, 0.25) is 5.02 Å². The highest BCUT2D eigenvalue weighted by Crippen LogP contribution is 2.33. The number of amides is 1.